The number of nitrogens with zero attached hydrogens (tertiary/aromatic N) is 2. The van der Waals surface area contributed by atoms with Crippen molar-refractivity contribution in [3.63, 3.8) is 0 Å². The number of hydrogen-bond acceptors (Lipinski definition) is 4. The van der Waals surface area contributed by atoms with Gasteiger partial charge in [-0.1, -0.05) is 11.6 Å². The van der Waals surface area contributed by atoms with Gasteiger partial charge in [0.2, 0.25) is 10.0 Å². The Bertz CT molecular complexity index is 562. The van der Waals surface area contributed by atoms with Gasteiger partial charge in [-0.3, -0.25) is 0 Å². The Morgan fingerprint density at radius 2 is 2.25 bits per heavy atom. The first-order valence-corrected chi connectivity index (χ1v) is 8.69. The molecule has 0 spiro atoms. The maximum Gasteiger partial charge on any atom is 0.214 e. The van der Waals surface area contributed by atoms with Crippen LogP contribution < -0.4 is 9.62 Å². The van der Waals surface area contributed by atoms with Crippen LogP contribution in [0, 0.1) is 0 Å². The lowest BCUT2D eigenvalue weighted by atomic mass is 10.1. The van der Waals surface area contributed by atoms with Crippen molar-refractivity contribution in [3.8, 4) is 0 Å². The number of hydrogen-bond donors (Lipinski definition) is 1. The number of pyridine rings is 1. The van der Waals surface area contributed by atoms with Gasteiger partial charge in [-0.05, 0) is 38.8 Å². The molecule has 1 unspecified atom stereocenters. The molecule has 0 aliphatic carbocycles. The van der Waals surface area contributed by atoms with Crippen molar-refractivity contribution < 1.29 is 8.42 Å². The number of halogens is 1. The summed E-state index contributed by atoms with van der Waals surface area (Å²) in [6.45, 7) is 4.80. The Balaban J connectivity index is 2.08. The molecule has 112 valence electrons. The average Bonchev–Trinajstić information content (AvgIpc) is 2.39. The van der Waals surface area contributed by atoms with Gasteiger partial charge in [0, 0.05) is 25.3 Å². The van der Waals surface area contributed by atoms with Gasteiger partial charge in [-0.25, -0.2) is 18.1 Å². The highest BCUT2D eigenvalue weighted by Gasteiger charge is 2.27. The molecular weight excluding hydrogens is 298 g/mol. The zero-order valence-corrected chi connectivity index (χ0v) is 13.3. The van der Waals surface area contributed by atoms with Crippen molar-refractivity contribution in [2.75, 3.05) is 18.0 Å². The third kappa shape index (κ3) is 3.62. The number of nitrogens with one attached hydrogen (secondary N) is 1. The standard InChI is InChI=1S/C13H20ClN3O2S/c1-10(2)20(18,19)16-11-5-4-8-17(9-11)13-12(14)6-3-7-15-13/h3,6-7,10-11,16H,4-5,8-9H2,1-2H3. The van der Waals surface area contributed by atoms with E-state index in [1.807, 2.05) is 4.90 Å². The first-order chi connectivity index (χ1) is 9.40. The van der Waals surface area contributed by atoms with Crippen LogP contribution in [-0.4, -0.2) is 37.8 Å². The molecule has 20 heavy (non-hydrogen) atoms. The van der Waals surface area contributed by atoms with Crippen molar-refractivity contribution in [2.45, 2.75) is 38.0 Å². The summed E-state index contributed by atoms with van der Waals surface area (Å²) in [7, 11) is -3.24. The molecule has 7 heteroatoms. The zero-order chi connectivity index (χ0) is 14.8. The van der Waals surface area contributed by atoms with Gasteiger partial charge in [0.25, 0.3) is 0 Å². The molecule has 1 fully saturated rings. The number of anilines is 1. The Morgan fingerprint density at radius 3 is 2.90 bits per heavy atom. The van der Waals surface area contributed by atoms with Crippen LogP contribution in [0.25, 0.3) is 0 Å². The van der Waals surface area contributed by atoms with E-state index in [1.165, 1.54) is 0 Å². The maximum atomic E-state index is 11.9. The Labute approximate surface area is 125 Å². The summed E-state index contributed by atoms with van der Waals surface area (Å²) >= 11 is 6.15. The topological polar surface area (TPSA) is 62.3 Å². The van der Waals surface area contributed by atoms with Gasteiger partial charge in [0.1, 0.15) is 5.82 Å². The highest BCUT2D eigenvalue weighted by atomic mass is 35.5. The second-order valence-electron chi connectivity index (χ2n) is 5.31. The Kier molecular flexibility index (Phi) is 4.88. The fourth-order valence-corrected chi connectivity index (χ4v) is 3.41. The third-order valence-corrected chi connectivity index (χ3v) is 5.61. The van der Waals surface area contributed by atoms with Gasteiger partial charge in [0.15, 0.2) is 0 Å². The predicted molar refractivity (Wildman–Crippen MR) is 81.7 cm³/mol. The lowest BCUT2D eigenvalue weighted by Gasteiger charge is -2.34. The van der Waals surface area contributed by atoms with Gasteiger partial charge in [-0.2, -0.15) is 0 Å². The van der Waals surface area contributed by atoms with Crippen molar-refractivity contribution in [1.29, 1.82) is 0 Å². The van der Waals surface area contributed by atoms with Crippen LogP contribution in [0.2, 0.25) is 5.02 Å². The number of sulfonamides is 1. The summed E-state index contributed by atoms with van der Waals surface area (Å²) in [4.78, 5) is 6.33. The lowest BCUT2D eigenvalue weighted by molar-refractivity contribution is 0.462. The number of piperidine rings is 1. The minimum atomic E-state index is -3.24. The first-order valence-electron chi connectivity index (χ1n) is 6.77. The smallest absolute Gasteiger partial charge is 0.214 e. The van der Waals surface area contributed by atoms with Crippen LogP contribution >= 0.6 is 11.6 Å². The van der Waals surface area contributed by atoms with E-state index in [0.29, 0.717) is 11.6 Å². The van der Waals surface area contributed by atoms with Crippen molar-refractivity contribution in [3.05, 3.63) is 23.4 Å². The summed E-state index contributed by atoms with van der Waals surface area (Å²) in [5.41, 5.74) is 0. The number of rotatable bonds is 4. The fraction of sp³-hybridized carbons (Fsp3) is 0.615. The minimum Gasteiger partial charge on any atom is -0.354 e. The quantitative estimate of drug-likeness (QED) is 0.923. The largest absolute Gasteiger partial charge is 0.354 e. The molecule has 1 saturated heterocycles. The minimum absolute atomic E-state index is 0.0887. The van der Waals surface area contributed by atoms with E-state index in [-0.39, 0.29) is 6.04 Å². The molecule has 1 N–H and O–H groups in total. The second-order valence-corrected chi connectivity index (χ2v) is 7.98. The van der Waals surface area contributed by atoms with Crippen LogP contribution in [0.15, 0.2) is 18.3 Å². The Hall–Kier alpha value is -0.850. The molecule has 1 aromatic rings. The Morgan fingerprint density at radius 1 is 1.50 bits per heavy atom. The van der Waals surface area contributed by atoms with Crippen LogP contribution in [-0.2, 0) is 10.0 Å². The molecule has 1 atom stereocenters. The van der Waals surface area contributed by atoms with Crippen molar-refractivity contribution in [2.24, 2.45) is 0 Å². The van der Waals surface area contributed by atoms with E-state index < -0.39 is 15.3 Å². The molecule has 5 nitrogen and oxygen atoms in total. The van der Waals surface area contributed by atoms with E-state index in [9.17, 15) is 8.42 Å². The molecule has 1 aliphatic rings. The van der Waals surface area contributed by atoms with Crippen LogP contribution in [0.3, 0.4) is 0 Å². The third-order valence-electron chi connectivity index (χ3n) is 3.41. The van der Waals surface area contributed by atoms with Gasteiger partial charge in [0.05, 0.1) is 10.3 Å². The SMILES string of the molecule is CC(C)S(=O)(=O)NC1CCCN(c2ncccc2Cl)C1. The van der Waals surface area contributed by atoms with Crippen molar-refractivity contribution >= 4 is 27.4 Å². The maximum absolute atomic E-state index is 11.9. The van der Waals surface area contributed by atoms with Gasteiger partial charge < -0.3 is 4.90 Å². The van der Waals surface area contributed by atoms with E-state index in [4.69, 9.17) is 11.6 Å². The lowest BCUT2D eigenvalue weighted by Crippen LogP contribution is -2.49. The molecule has 0 saturated carbocycles. The molecular formula is C13H20ClN3O2S. The average molecular weight is 318 g/mol. The van der Waals surface area contributed by atoms with Crippen LogP contribution in [0.4, 0.5) is 5.82 Å². The van der Waals surface area contributed by atoms with Crippen molar-refractivity contribution in [1.82, 2.24) is 9.71 Å². The fourth-order valence-electron chi connectivity index (χ4n) is 2.24. The summed E-state index contributed by atoms with van der Waals surface area (Å²) in [6.07, 6.45) is 3.45. The first kappa shape index (κ1) is 15.5. The van der Waals surface area contributed by atoms with E-state index >= 15 is 0 Å². The van der Waals surface area contributed by atoms with E-state index in [0.717, 1.165) is 25.2 Å². The molecule has 2 rings (SSSR count). The highest BCUT2D eigenvalue weighted by Crippen LogP contribution is 2.25. The van der Waals surface area contributed by atoms with Gasteiger partial charge >= 0.3 is 0 Å². The van der Waals surface area contributed by atoms with Crippen LogP contribution in [0.1, 0.15) is 26.7 Å². The van der Waals surface area contributed by atoms with E-state index in [1.54, 1.807) is 32.2 Å². The molecule has 1 aromatic heterocycles. The van der Waals surface area contributed by atoms with E-state index in [2.05, 4.69) is 9.71 Å². The summed E-state index contributed by atoms with van der Waals surface area (Å²) < 4.78 is 26.6. The molecule has 0 bridgehead atoms. The summed E-state index contributed by atoms with van der Waals surface area (Å²) in [5.74, 6) is 0.725. The zero-order valence-electron chi connectivity index (χ0n) is 11.7. The monoisotopic (exact) mass is 317 g/mol. The molecule has 0 radical (unpaired) electrons. The van der Waals surface area contributed by atoms with Gasteiger partial charge in [-0.15, -0.1) is 0 Å². The molecule has 1 aliphatic heterocycles. The predicted octanol–water partition coefficient (Wildman–Crippen LogP) is 2.03. The molecule has 0 amide bonds. The molecule has 0 aromatic carbocycles. The normalized spacial score (nSPS) is 20.4. The summed E-state index contributed by atoms with van der Waals surface area (Å²) in [5, 5.41) is 0.177. The summed E-state index contributed by atoms with van der Waals surface area (Å²) in [6, 6.07) is 3.50. The molecule has 2 heterocycles. The second kappa shape index (κ2) is 6.28. The van der Waals surface area contributed by atoms with Crippen LogP contribution in [0.5, 0.6) is 0 Å². The highest BCUT2D eigenvalue weighted by molar-refractivity contribution is 7.90. The number of aromatic nitrogens is 1.